The summed E-state index contributed by atoms with van der Waals surface area (Å²) in [6, 6.07) is 0.349. The van der Waals surface area contributed by atoms with Crippen molar-refractivity contribution < 1.29 is 86.8 Å². The van der Waals surface area contributed by atoms with Crippen molar-refractivity contribution in [3.8, 4) is 5.75 Å². The van der Waals surface area contributed by atoms with Gasteiger partial charge in [-0.1, -0.05) is 89.5 Å². The Hall–Kier alpha value is -10.3. The zero-order valence-corrected chi connectivity index (χ0v) is 59.9. The number of primary amides is 1. The highest BCUT2D eigenvalue weighted by Crippen LogP contribution is 2.26. The number of amides is 12. The summed E-state index contributed by atoms with van der Waals surface area (Å²) in [5.41, 5.74) is 23.9. The quantitative estimate of drug-likeness (QED) is 0.0160. The fourth-order valence-electron chi connectivity index (χ4n) is 11.4. The predicted molar refractivity (Wildman–Crippen MR) is 385 cm³/mol. The van der Waals surface area contributed by atoms with E-state index in [2.05, 4.69) is 63.1 Å². The summed E-state index contributed by atoms with van der Waals surface area (Å²) < 4.78 is 15.9. The van der Waals surface area contributed by atoms with Crippen LogP contribution in [0.25, 0.3) is 10.9 Å². The fourth-order valence-corrected chi connectivity index (χ4v) is 13.9. The van der Waals surface area contributed by atoms with Crippen LogP contribution in [0.5, 0.6) is 5.75 Å². The lowest BCUT2D eigenvalue weighted by Gasteiger charge is -2.29. The van der Waals surface area contributed by atoms with Crippen LogP contribution in [0.15, 0.2) is 77.9 Å². The van der Waals surface area contributed by atoms with Crippen molar-refractivity contribution >= 4 is 133 Å². The smallest absolute Gasteiger partial charge is 0.303 e. The number of likely N-dealkylation sites (tertiary alicyclic amines) is 1. The number of nitrogens with one attached hydrogen (secondary N) is 11. The first kappa shape index (κ1) is 83.7. The number of phenolic OH excluding ortho intramolecular Hbond substituents is 1. The molecule has 0 spiro atoms. The molecule has 3 heterocycles. The van der Waals surface area contributed by atoms with E-state index < -0.39 is 212 Å². The van der Waals surface area contributed by atoms with Gasteiger partial charge < -0.3 is 101 Å². The van der Waals surface area contributed by atoms with E-state index in [1.807, 2.05) is 0 Å². The van der Waals surface area contributed by atoms with E-state index in [-0.39, 0.29) is 80.5 Å². The molecule has 2 fully saturated rings. The Bertz CT molecular complexity index is 3830. The van der Waals surface area contributed by atoms with Crippen molar-refractivity contribution in [2.45, 2.75) is 158 Å². The molecule has 2 saturated heterocycles. The zero-order valence-electron chi connectivity index (χ0n) is 57.5. The standard InChI is InChI=1S/C67H89ClFN17O17S2/c1-34(2)56-66(103)82-46(29-36-8-5-10-40(68)55(36)69)62(99)78-42(12-6-25-75-67(72)73)58(95)74-26-23-51(88)77-43(18-20-53(90)91)59(96)80-47(30-37-31-76-41-11-4-3-9-39(37)41)63(100)79-44(19-21-54(92)93)60(97)83-48(57(71)94)32-104-105-33-49(64(101)85-56)84-61(98)45(28-35-14-16-38(87)17-15-35)81-65(102)50-13-7-27-86(50)52(89)22-24-70/h3-5,8-11,14-17,31,34,42-50,56,76,87H,6-7,12-13,18-30,32-33,70H2,1-2H3,(H2,71,94)(H,74,95)(H,77,88)(H,78,99)(H,79,100)(H,80,96)(H,81,102)(H,82,103)(H,83,97)(H,84,98)(H,85,101)(H,90,91)(H,92,93)(H4,72,73,75)/t42-,43-,44-,45-,46-,47-,48+,49-,50-,56-/m0/s1. The normalized spacial score (nSPS) is 22.1. The number of fused-ring (bicyclic) bond motifs is 1. The molecule has 4 aromatic rings. The number of para-hydroxylation sites is 1. The first-order valence-corrected chi connectivity index (χ1v) is 36.6. The van der Waals surface area contributed by atoms with Crippen LogP contribution in [0.2, 0.25) is 5.02 Å². The summed E-state index contributed by atoms with van der Waals surface area (Å²) in [7, 11) is 1.63. The third-order valence-corrected chi connectivity index (χ3v) is 19.7. The van der Waals surface area contributed by atoms with E-state index in [9.17, 15) is 77.6 Å². The molecule has 0 radical (unpaired) electrons. The lowest BCUT2D eigenvalue weighted by molar-refractivity contribution is -0.139. The number of hydrogen-bond acceptors (Lipinski definition) is 19. The van der Waals surface area contributed by atoms with Crippen LogP contribution in [0.4, 0.5) is 4.39 Å². The minimum Gasteiger partial charge on any atom is -0.508 e. The molecule has 2 aliphatic heterocycles. The maximum absolute atomic E-state index is 15.9. The van der Waals surface area contributed by atoms with Gasteiger partial charge in [-0.2, -0.15) is 0 Å². The van der Waals surface area contributed by atoms with E-state index in [4.69, 9.17) is 34.5 Å². The molecule has 10 atom stereocenters. The molecule has 12 amide bonds. The lowest BCUT2D eigenvalue weighted by Crippen LogP contribution is -2.61. The van der Waals surface area contributed by atoms with Crippen LogP contribution in [0.3, 0.4) is 0 Å². The van der Waals surface area contributed by atoms with Crippen LogP contribution in [-0.4, -0.2) is 212 Å². The maximum atomic E-state index is 15.9. The predicted octanol–water partition coefficient (Wildman–Crippen LogP) is -1.78. The number of phenols is 1. The summed E-state index contributed by atoms with van der Waals surface area (Å²) in [6.07, 6.45) is -2.52. The summed E-state index contributed by atoms with van der Waals surface area (Å²) in [6.45, 7) is 2.65. The molecule has 1 aromatic heterocycles. The molecular weight excluding hydrogens is 1430 g/mol. The Labute approximate surface area is 615 Å². The molecule has 0 aliphatic carbocycles. The average Bonchev–Trinajstić information content (AvgIpc) is 1.81. The van der Waals surface area contributed by atoms with E-state index in [0.717, 1.165) is 21.6 Å². The number of nitrogens with two attached hydrogens (primary N) is 4. The number of halogens is 2. The highest BCUT2D eigenvalue weighted by Gasteiger charge is 2.39. The van der Waals surface area contributed by atoms with Crippen LogP contribution in [-0.2, 0) is 86.4 Å². The fraction of sp³-hybridized carbons (Fsp3) is 0.478. The molecule has 2 aliphatic rings. The first-order valence-electron chi connectivity index (χ1n) is 33.7. The van der Waals surface area contributed by atoms with Gasteiger partial charge in [0, 0.05) is 99.7 Å². The van der Waals surface area contributed by atoms with Crippen LogP contribution < -0.4 is 76.1 Å². The Morgan fingerprint density at radius 3 is 1.93 bits per heavy atom. The number of hydrogen-bond donors (Lipinski definition) is 18. The largest absolute Gasteiger partial charge is 0.508 e. The van der Waals surface area contributed by atoms with Crippen LogP contribution in [0.1, 0.15) is 94.7 Å². The maximum Gasteiger partial charge on any atom is 0.303 e. The molecule has 570 valence electrons. The molecule has 6 rings (SSSR count). The number of nitrogens with zero attached hydrogens (tertiary/aromatic N) is 2. The van der Waals surface area contributed by atoms with Crippen molar-refractivity contribution in [3.05, 3.63) is 100 Å². The Morgan fingerprint density at radius 2 is 1.30 bits per heavy atom. The SMILES string of the molecule is CC(C)[C@@H]1NC(=O)[C@@H](NC(=O)[C@H](Cc2ccc(O)cc2)NC(=O)[C@@H]2CCCN2C(=O)CCN)CSSC[C@H](C(N)=O)NC(=O)[C@H](CCC(=O)O)NC(=O)[C@H](Cc2c[nH]c3ccccc23)NC(=O)[C@H](CCC(=O)O)NC(=O)CCNC(=O)[C@H](CCCN=C(N)N)NC(=O)[C@H](Cc2cccc(Cl)c2F)NC1=O. The zero-order chi connectivity index (χ0) is 77.0. The molecule has 0 bridgehead atoms. The second-order valence-corrected chi connectivity index (χ2v) is 28.2. The number of aromatic hydroxyl groups is 1. The van der Waals surface area contributed by atoms with E-state index in [0.29, 0.717) is 28.5 Å². The van der Waals surface area contributed by atoms with Gasteiger partial charge in [0.25, 0.3) is 0 Å². The number of rotatable bonds is 24. The number of guanidine groups is 1. The monoisotopic (exact) mass is 1520 g/mol. The molecule has 0 saturated carbocycles. The van der Waals surface area contributed by atoms with Crippen LogP contribution in [0, 0.1) is 11.7 Å². The van der Waals surface area contributed by atoms with Gasteiger partial charge in [0.15, 0.2) is 5.96 Å². The molecule has 105 heavy (non-hydrogen) atoms. The minimum atomic E-state index is -1.79. The number of aromatic amines is 1. The highest BCUT2D eigenvalue weighted by molar-refractivity contribution is 8.76. The van der Waals surface area contributed by atoms with Gasteiger partial charge in [-0.25, -0.2) is 4.39 Å². The molecule has 38 heteroatoms. The number of carboxylic acid groups (broad SMARTS) is 2. The van der Waals surface area contributed by atoms with Crippen molar-refractivity contribution in [1.82, 2.24) is 63.1 Å². The number of aliphatic carboxylic acids is 2. The first-order chi connectivity index (χ1) is 49.9. The number of benzene rings is 3. The van der Waals surface area contributed by atoms with Gasteiger partial charge in [0.2, 0.25) is 70.9 Å². The second-order valence-electron chi connectivity index (χ2n) is 25.2. The Morgan fingerprint density at radius 1 is 0.695 bits per heavy atom. The average molecular weight is 1520 g/mol. The number of carbonyl (C=O) groups excluding carboxylic acids is 12. The minimum absolute atomic E-state index is 0.00622. The third-order valence-electron chi connectivity index (χ3n) is 17.0. The van der Waals surface area contributed by atoms with Gasteiger partial charge in [-0.15, -0.1) is 0 Å². The molecule has 0 unspecified atom stereocenters. The van der Waals surface area contributed by atoms with E-state index in [1.54, 1.807) is 24.3 Å². The topological polar surface area (TPSA) is 555 Å². The number of carboxylic acids is 2. The summed E-state index contributed by atoms with van der Waals surface area (Å²) >= 11 is 6.18. The van der Waals surface area contributed by atoms with Crippen molar-refractivity contribution in [1.29, 1.82) is 0 Å². The van der Waals surface area contributed by atoms with Gasteiger partial charge in [-0.05, 0) is 85.4 Å². The van der Waals surface area contributed by atoms with Gasteiger partial charge >= 0.3 is 11.9 Å². The molecule has 22 N–H and O–H groups in total. The molecule has 3 aromatic carbocycles. The van der Waals surface area contributed by atoms with Crippen molar-refractivity contribution in [2.75, 3.05) is 37.7 Å². The third kappa shape index (κ3) is 26.4. The highest BCUT2D eigenvalue weighted by atomic mass is 35.5. The lowest BCUT2D eigenvalue weighted by atomic mass is 9.99. The number of H-pyrrole nitrogens is 1. The van der Waals surface area contributed by atoms with Crippen molar-refractivity contribution in [2.24, 2.45) is 33.8 Å². The number of aliphatic imine (C=N–C) groups is 1. The summed E-state index contributed by atoms with van der Waals surface area (Å²) in [5, 5.41) is 55.4. The van der Waals surface area contributed by atoms with Crippen molar-refractivity contribution in [3.63, 3.8) is 0 Å². The van der Waals surface area contributed by atoms with Gasteiger partial charge in [-0.3, -0.25) is 72.1 Å². The Kier molecular flexibility index (Phi) is 32.9. The molecule has 34 nitrogen and oxygen atoms in total. The number of aromatic nitrogens is 1. The van der Waals surface area contributed by atoms with E-state index >= 15 is 9.18 Å². The Balaban J connectivity index is 1.42. The van der Waals surface area contributed by atoms with Crippen LogP contribution >= 0.6 is 33.2 Å². The summed E-state index contributed by atoms with van der Waals surface area (Å²) in [5.74, 6) is -17.7. The van der Waals surface area contributed by atoms with E-state index in [1.165, 1.54) is 67.4 Å². The molecular formula is C67H89ClFN17O17S2. The van der Waals surface area contributed by atoms with Gasteiger partial charge in [0.05, 0.1) is 5.02 Å². The van der Waals surface area contributed by atoms with Gasteiger partial charge in [0.1, 0.15) is 72.0 Å². The summed E-state index contributed by atoms with van der Waals surface area (Å²) in [4.78, 5) is 204. The second kappa shape index (κ2) is 41.3. The number of carbonyl (C=O) groups is 14.